The minimum atomic E-state index is -0.326. The van der Waals surface area contributed by atoms with Crippen LogP contribution >= 0.6 is 0 Å². The van der Waals surface area contributed by atoms with Crippen molar-refractivity contribution in [1.29, 1.82) is 5.26 Å². The van der Waals surface area contributed by atoms with Gasteiger partial charge in [-0.2, -0.15) is 5.26 Å². The van der Waals surface area contributed by atoms with Crippen LogP contribution in [0.4, 0.5) is 5.69 Å². The number of carbonyl (C=O) groups excluding carboxylic acids is 1. The Morgan fingerprint density at radius 3 is 2.53 bits per heavy atom. The number of hydrogen-bond acceptors (Lipinski definition) is 5. The highest BCUT2D eigenvalue weighted by Crippen LogP contribution is 2.36. The van der Waals surface area contributed by atoms with E-state index in [1.54, 1.807) is 31.4 Å². The van der Waals surface area contributed by atoms with Crippen LogP contribution in [0.25, 0.3) is 11.3 Å². The van der Waals surface area contributed by atoms with Crippen LogP contribution in [0.15, 0.2) is 54.6 Å². The summed E-state index contributed by atoms with van der Waals surface area (Å²) in [5.74, 6) is 0.591. The largest absolute Gasteiger partial charge is 0.497 e. The first-order valence-corrected chi connectivity index (χ1v) is 9.77. The lowest BCUT2D eigenvalue weighted by molar-refractivity contribution is -0.118. The zero-order valence-electron chi connectivity index (χ0n) is 16.6. The van der Waals surface area contributed by atoms with Crippen LogP contribution in [-0.2, 0) is 17.6 Å². The predicted octanol–water partition coefficient (Wildman–Crippen LogP) is 4.14. The van der Waals surface area contributed by atoms with Crippen LogP contribution in [0.3, 0.4) is 0 Å². The van der Waals surface area contributed by atoms with Gasteiger partial charge in [-0.15, -0.1) is 0 Å². The third-order valence-electron chi connectivity index (χ3n) is 5.11. The van der Waals surface area contributed by atoms with Crippen molar-refractivity contribution in [3.05, 3.63) is 71.3 Å². The number of fused-ring (bicyclic) bond motifs is 1. The van der Waals surface area contributed by atoms with Crippen molar-refractivity contribution in [3.8, 4) is 29.0 Å². The Labute approximate surface area is 175 Å². The summed E-state index contributed by atoms with van der Waals surface area (Å²) in [5.41, 5.74) is 4.96. The molecular weight excluding hydrogens is 378 g/mol. The summed E-state index contributed by atoms with van der Waals surface area (Å²) in [6, 6.07) is 19.1. The molecule has 0 bridgehead atoms. The van der Waals surface area contributed by atoms with Gasteiger partial charge in [-0.3, -0.25) is 4.79 Å². The molecule has 6 heteroatoms. The highest BCUT2D eigenvalue weighted by atomic mass is 16.5. The van der Waals surface area contributed by atoms with Crippen molar-refractivity contribution in [2.45, 2.75) is 19.3 Å². The third kappa shape index (κ3) is 3.96. The van der Waals surface area contributed by atoms with Gasteiger partial charge in [0.25, 0.3) is 5.91 Å². The molecule has 30 heavy (non-hydrogen) atoms. The van der Waals surface area contributed by atoms with E-state index in [1.807, 2.05) is 30.3 Å². The number of carbonyl (C=O) groups is 1. The molecule has 1 aliphatic carbocycles. The summed E-state index contributed by atoms with van der Waals surface area (Å²) < 4.78 is 10.8. The number of aromatic nitrogens is 1. The normalized spacial score (nSPS) is 12.0. The van der Waals surface area contributed by atoms with Gasteiger partial charge in [-0.25, -0.2) is 4.98 Å². The van der Waals surface area contributed by atoms with Crippen LogP contribution in [0.5, 0.6) is 11.6 Å². The predicted molar refractivity (Wildman–Crippen MR) is 114 cm³/mol. The highest BCUT2D eigenvalue weighted by Gasteiger charge is 2.25. The Hall–Kier alpha value is -3.85. The van der Waals surface area contributed by atoms with Crippen molar-refractivity contribution in [2.24, 2.45) is 0 Å². The molecule has 1 aromatic heterocycles. The number of anilines is 1. The minimum absolute atomic E-state index is 0.210. The SMILES string of the molecule is COc1ccc(NC(=O)COc2nc(-c3ccccc3)c3c(c2C#N)CCC3)cc1. The lowest BCUT2D eigenvalue weighted by Gasteiger charge is -2.14. The van der Waals surface area contributed by atoms with E-state index in [9.17, 15) is 10.1 Å². The standard InChI is InChI=1S/C24H21N3O3/c1-29-18-12-10-17(11-13-18)26-22(28)15-30-24-21(14-25)19-8-5-9-20(19)23(27-24)16-6-3-2-4-7-16/h2-4,6-7,10-13H,5,8-9,15H2,1H3,(H,26,28). The minimum Gasteiger partial charge on any atom is -0.497 e. The topological polar surface area (TPSA) is 84.2 Å². The van der Waals surface area contributed by atoms with Crippen molar-refractivity contribution in [3.63, 3.8) is 0 Å². The van der Waals surface area contributed by atoms with Crippen molar-refractivity contribution in [2.75, 3.05) is 19.0 Å². The summed E-state index contributed by atoms with van der Waals surface area (Å²) in [4.78, 5) is 17.0. The number of methoxy groups -OCH3 is 1. The average Bonchev–Trinajstić information content (AvgIpc) is 3.27. The van der Waals surface area contributed by atoms with Crippen molar-refractivity contribution in [1.82, 2.24) is 4.98 Å². The van der Waals surface area contributed by atoms with Crippen LogP contribution in [-0.4, -0.2) is 24.6 Å². The summed E-state index contributed by atoms with van der Waals surface area (Å²) in [6.45, 7) is -0.235. The number of nitriles is 1. The summed E-state index contributed by atoms with van der Waals surface area (Å²) >= 11 is 0. The molecule has 3 aromatic rings. The maximum absolute atomic E-state index is 12.4. The van der Waals surface area contributed by atoms with Gasteiger partial charge in [0, 0.05) is 11.3 Å². The smallest absolute Gasteiger partial charge is 0.262 e. The maximum Gasteiger partial charge on any atom is 0.262 e. The zero-order valence-corrected chi connectivity index (χ0v) is 16.6. The van der Waals surface area contributed by atoms with Gasteiger partial charge < -0.3 is 14.8 Å². The second-order valence-electron chi connectivity index (χ2n) is 6.99. The van der Waals surface area contributed by atoms with Crippen LogP contribution in [0, 0.1) is 11.3 Å². The van der Waals surface area contributed by atoms with E-state index in [-0.39, 0.29) is 18.4 Å². The molecule has 0 fully saturated rings. The summed E-state index contributed by atoms with van der Waals surface area (Å²) in [7, 11) is 1.58. The fourth-order valence-corrected chi connectivity index (χ4v) is 3.69. The number of rotatable bonds is 6. The molecule has 0 unspecified atom stereocenters. The number of benzene rings is 2. The van der Waals surface area contributed by atoms with Gasteiger partial charge in [0.15, 0.2) is 6.61 Å². The molecule has 0 saturated heterocycles. The Balaban J connectivity index is 1.56. The molecule has 0 atom stereocenters. The molecular formula is C24H21N3O3. The highest BCUT2D eigenvalue weighted by molar-refractivity contribution is 5.92. The molecule has 0 saturated carbocycles. The van der Waals surface area contributed by atoms with E-state index < -0.39 is 0 Å². The van der Waals surface area contributed by atoms with Crippen molar-refractivity contribution >= 4 is 11.6 Å². The number of pyridine rings is 1. The van der Waals surface area contributed by atoms with Gasteiger partial charge in [-0.1, -0.05) is 30.3 Å². The Morgan fingerprint density at radius 1 is 1.10 bits per heavy atom. The molecule has 1 amide bonds. The molecule has 0 radical (unpaired) electrons. The lowest BCUT2D eigenvalue weighted by Crippen LogP contribution is -2.21. The van der Waals surface area contributed by atoms with E-state index >= 15 is 0 Å². The van der Waals surface area contributed by atoms with E-state index in [0.717, 1.165) is 41.6 Å². The Kier molecular flexibility index (Phi) is 5.62. The molecule has 150 valence electrons. The first kappa shape index (κ1) is 19.5. The molecule has 0 aliphatic heterocycles. The number of amides is 1. The lowest BCUT2D eigenvalue weighted by atomic mass is 9.99. The zero-order chi connectivity index (χ0) is 20.9. The van der Waals surface area contributed by atoms with Gasteiger partial charge in [0.1, 0.15) is 17.4 Å². The fraction of sp³-hybridized carbons (Fsp3) is 0.208. The first-order chi connectivity index (χ1) is 14.7. The van der Waals surface area contributed by atoms with Crippen LogP contribution in [0.1, 0.15) is 23.1 Å². The number of nitrogens with zero attached hydrogens (tertiary/aromatic N) is 2. The number of ether oxygens (including phenoxy) is 2. The first-order valence-electron chi connectivity index (χ1n) is 9.77. The number of nitrogens with one attached hydrogen (secondary N) is 1. The second-order valence-corrected chi connectivity index (χ2v) is 6.99. The maximum atomic E-state index is 12.4. The van der Waals surface area contributed by atoms with E-state index in [4.69, 9.17) is 9.47 Å². The Bertz CT molecular complexity index is 1100. The van der Waals surface area contributed by atoms with Gasteiger partial charge in [0.2, 0.25) is 5.88 Å². The van der Waals surface area contributed by atoms with E-state index in [0.29, 0.717) is 17.0 Å². The third-order valence-corrected chi connectivity index (χ3v) is 5.11. The van der Waals surface area contributed by atoms with Gasteiger partial charge >= 0.3 is 0 Å². The molecule has 0 spiro atoms. The summed E-state index contributed by atoms with van der Waals surface area (Å²) in [6.07, 6.45) is 2.68. The molecule has 1 heterocycles. The Morgan fingerprint density at radius 2 is 1.83 bits per heavy atom. The molecule has 1 aliphatic rings. The van der Waals surface area contributed by atoms with Crippen LogP contribution < -0.4 is 14.8 Å². The van der Waals surface area contributed by atoms with Gasteiger partial charge in [-0.05, 0) is 54.7 Å². The molecule has 2 aromatic carbocycles. The monoisotopic (exact) mass is 399 g/mol. The summed E-state index contributed by atoms with van der Waals surface area (Å²) in [5, 5.41) is 12.5. The van der Waals surface area contributed by atoms with Crippen molar-refractivity contribution < 1.29 is 14.3 Å². The fourth-order valence-electron chi connectivity index (χ4n) is 3.69. The van der Waals surface area contributed by atoms with E-state index in [2.05, 4.69) is 16.4 Å². The van der Waals surface area contributed by atoms with Gasteiger partial charge in [0.05, 0.1) is 12.8 Å². The molecule has 4 rings (SSSR count). The number of hydrogen-bond donors (Lipinski definition) is 1. The molecule has 1 N–H and O–H groups in total. The second kappa shape index (κ2) is 8.66. The average molecular weight is 399 g/mol. The molecule has 6 nitrogen and oxygen atoms in total. The van der Waals surface area contributed by atoms with E-state index in [1.165, 1.54) is 0 Å². The quantitative estimate of drug-likeness (QED) is 0.674. The van der Waals surface area contributed by atoms with Crippen LogP contribution in [0.2, 0.25) is 0 Å².